The van der Waals surface area contributed by atoms with Crippen LogP contribution in [-0.4, -0.2) is 76.8 Å². The highest BCUT2D eigenvalue weighted by Gasteiger charge is 2.33. The lowest BCUT2D eigenvalue weighted by atomic mass is 9.85. The summed E-state index contributed by atoms with van der Waals surface area (Å²) in [5.41, 5.74) is 6.54. The molecule has 1 fully saturated rings. The summed E-state index contributed by atoms with van der Waals surface area (Å²) in [6, 6.07) is 7.18. The number of amides is 1. The summed E-state index contributed by atoms with van der Waals surface area (Å²) < 4.78 is 5.53. The summed E-state index contributed by atoms with van der Waals surface area (Å²) in [5.74, 6) is 1.31. The van der Waals surface area contributed by atoms with Crippen LogP contribution in [0.5, 0.6) is 0 Å². The highest BCUT2D eigenvalue weighted by Crippen LogP contribution is 2.29. The number of aromatic nitrogens is 3. The van der Waals surface area contributed by atoms with Crippen LogP contribution in [0.3, 0.4) is 0 Å². The number of halogens is 1. The van der Waals surface area contributed by atoms with Crippen LogP contribution < -0.4 is 21.3 Å². The summed E-state index contributed by atoms with van der Waals surface area (Å²) >= 11 is 7.48. The number of thiazole rings is 1. The molecule has 1 amide bonds. The quantitative estimate of drug-likeness (QED) is 0.150. The molecule has 5 N–H and O–H groups in total. The van der Waals surface area contributed by atoms with E-state index in [4.69, 9.17) is 27.5 Å². The lowest BCUT2D eigenvalue weighted by Gasteiger charge is -2.35. The van der Waals surface area contributed by atoms with Gasteiger partial charge in [-0.1, -0.05) is 48.4 Å². The van der Waals surface area contributed by atoms with Crippen molar-refractivity contribution in [2.45, 2.75) is 47.1 Å². The molecule has 2 aromatic heterocycles. The maximum atomic E-state index is 12.9. The summed E-state index contributed by atoms with van der Waals surface area (Å²) in [4.78, 5) is 43.8. The number of benzene rings is 1. The van der Waals surface area contributed by atoms with Gasteiger partial charge in [0.2, 0.25) is 0 Å². The summed E-state index contributed by atoms with van der Waals surface area (Å²) in [5, 5.41) is 15.1. The van der Waals surface area contributed by atoms with Gasteiger partial charge in [-0.2, -0.15) is 0 Å². The molecule has 0 spiro atoms. The molecular formula is C30H40ClN9O3S. The van der Waals surface area contributed by atoms with Gasteiger partial charge in [0, 0.05) is 51.0 Å². The monoisotopic (exact) mass is 641 g/mol. The topological polar surface area (TPSA) is 162 Å². The van der Waals surface area contributed by atoms with E-state index in [0.717, 1.165) is 44.0 Å². The van der Waals surface area contributed by atoms with Crippen molar-refractivity contribution in [2.24, 2.45) is 11.1 Å². The standard InChI is InChI=1S/C30H40ClN9O3S/c1-5-7-23(33)30(3,4)28(42)43-15-14-39-10-12-40(13-11-39)25-16-24(35-19(2)36-25)37-29-34-18-22(44-29)27(41)38-26-20(17-32)8-6-9-21(26)31/h6,8-9,16,18,33H,5,7,10-15,17,32H2,1-4H3,(H,38,41)(H,34,35,36,37). The van der Waals surface area contributed by atoms with Gasteiger partial charge >= 0.3 is 5.97 Å². The van der Waals surface area contributed by atoms with Crippen LogP contribution in [0.15, 0.2) is 30.5 Å². The SMILES string of the molecule is CCCC(=N)C(C)(C)C(=O)OCCN1CCN(c2cc(Nc3ncc(C(=O)Nc4c(Cl)cccc4CN)s3)nc(C)n2)CC1. The Morgan fingerprint density at radius 1 is 1.20 bits per heavy atom. The number of carbonyl (C=O) groups is 2. The molecule has 1 aromatic carbocycles. The van der Waals surface area contributed by atoms with E-state index in [1.165, 1.54) is 17.5 Å². The van der Waals surface area contributed by atoms with Gasteiger partial charge in [0.05, 0.1) is 22.3 Å². The summed E-state index contributed by atoms with van der Waals surface area (Å²) in [7, 11) is 0. The minimum Gasteiger partial charge on any atom is -0.464 e. The van der Waals surface area contributed by atoms with Gasteiger partial charge in [-0.15, -0.1) is 0 Å². The number of rotatable bonds is 13. The Labute approximate surface area is 266 Å². The van der Waals surface area contributed by atoms with Crippen LogP contribution in [0, 0.1) is 17.7 Å². The van der Waals surface area contributed by atoms with Gasteiger partial charge in [0.15, 0.2) is 5.13 Å². The predicted octanol–water partition coefficient (Wildman–Crippen LogP) is 4.86. The van der Waals surface area contributed by atoms with E-state index in [-0.39, 0.29) is 18.4 Å². The van der Waals surface area contributed by atoms with Gasteiger partial charge in [-0.25, -0.2) is 15.0 Å². The number of nitrogens with two attached hydrogens (primary N) is 1. The molecule has 0 bridgehead atoms. The average Bonchev–Trinajstić information content (AvgIpc) is 3.46. The lowest BCUT2D eigenvalue weighted by Crippen LogP contribution is -2.48. The molecule has 3 heterocycles. The molecular weight excluding hydrogens is 602 g/mol. The first-order chi connectivity index (χ1) is 21.0. The maximum Gasteiger partial charge on any atom is 0.317 e. The van der Waals surface area contributed by atoms with Crippen molar-refractivity contribution >= 4 is 63.0 Å². The van der Waals surface area contributed by atoms with Gasteiger partial charge in [0.1, 0.15) is 28.9 Å². The van der Waals surface area contributed by atoms with E-state index in [0.29, 0.717) is 57.6 Å². The third-order valence-corrected chi connectivity index (χ3v) is 8.68. The molecule has 0 aliphatic carbocycles. The molecule has 44 heavy (non-hydrogen) atoms. The number of ether oxygens (including phenoxy) is 1. The van der Waals surface area contributed by atoms with Crippen molar-refractivity contribution in [2.75, 3.05) is 54.9 Å². The van der Waals surface area contributed by atoms with Crippen LogP contribution in [0.4, 0.5) is 22.5 Å². The molecule has 14 heteroatoms. The minimum absolute atomic E-state index is 0.246. The number of esters is 1. The highest BCUT2D eigenvalue weighted by atomic mass is 35.5. The van der Waals surface area contributed by atoms with E-state index in [1.54, 1.807) is 26.0 Å². The van der Waals surface area contributed by atoms with Crippen molar-refractivity contribution < 1.29 is 14.3 Å². The van der Waals surface area contributed by atoms with Gasteiger partial charge < -0.3 is 31.4 Å². The molecule has 1 aliphatic heterocycles. The Kier molecular flexibility index (Phi) is 11.2. The normalized spacial score (nSPS) is 13.9. The number of nitrogens with one attached hydrogen (secondary N) is 3. The Morgan fingerprint density at radius 3 is 2.66 bits per heavy atom. The second-order valence-corrected chi connectivity index (χ2v) is 12.5. The van der Waals surface area contributed by atoms with Crippen LogP contribution in [0.25, 0.3) is 0 Å². The van der Waals surface area contributed by atoms with E-state index in [9.17, 15) is 9.59 Å². The largest absolute Gasteiger partial charge is 0.464 e. The molecule has 236 valence electrons. The smallest absolute Gasteiger partial charge is 0.317 e. The van der Waals surface area contributed by atoms with Crippen molar-refractivity contribution in [1.82, 2.24) is 19.9 Å². The summed E-state index contributed by atoms with van der Waals surface area (Å²) in [6.07, 6.45) is 2.92. The number of hydrogen-bond acceptors (Lipinski definition) is 12. The number of para-hydroxylation sites is 1. The minimum atomic E-state index is -0.900. The Morgan fingerprint density at radius 2 is 1.95 bits per heavy atom. The van der Waals surface area contributed by atoms with Gasteiger partial charge in [-0.05, 0) is 38.8 Å². The predicted molar refractivity (Wildman–Crippen MR) is 175 cm³/mol. The summed E-state index contributed by atoms with van der Waals surface area (Å²) in [6.45, 7) is 11.6. The van der Waals surface area contributed by atoms with E-state index < -0.39 is 5.41 Å². The fourth-order valence-corrected chi connectivity index (χ4v) is 5.67. The number of piperazine rings is 1. The third-order valence-electron chi connectivity index (χ3n) is 7.45. The zero-order valence-corrected chi connectivity index (χ0v) is 27.1. The van der Waals surface area contributed by atoms with Gasteiger partial charge in [-0.3, -0.25) is 14.5 Å². The second-order valence-electron chi connectivity index (χ2n) is 11.1. The van der Waals surface area contributed by atoms with Crippen LogP contribution in [0.2, 0.25) is 5.02 Å². The Hall–Kier alpha value is -3.65. The zero-order valence-electron chi connectivity index (χ0n) is 25.6. The Bertz CT molecular complexity index is 1490. The maximum absolute atomic E-state index is 12.9. The molecule has 1 saturated heterocycles. The first-order valence-corrected chi connectivity index (χ1v) is 15.8. The van der Waals surface area contributed by atoms with E-state index >= 15 is 0 Å². The molecule has 1 aliphatic rings. The highest BCUT2D eigenvalue weighted by molar-refractivity contribution is 7.17. The van der Waals surface area contributed by atoms with Crippen molar-refractivity contribution in [3.63, 3.8) is 0 Å². The van der Waals surface area contributed by atoms with E-state index in [2.05, 4.69) is 35.4 Å². The van der Waals surface area contributed by atoms with Gasteiger partial charge in [0.25, 0.3) is 5.91 Å². The number of carbonyl (C=O) groups excluding carboxylic acids is 2. The third kappa shape index (κ3) is 8.29. The van der Waals surface area contributed by atoms with Crippen molar-refractivity contribution in [1.29, 1.82) is 5.41 Å². The molecule has 0 atom stereocenters. The van der Waals surface area contributed by atoms with Crippen LogP contribution in [-0.2, 0) is 16.1 Å². The number of aryl methyl sites for hydroxylation is 1. The van der Waals surface area contributed by atoms with Crippen molar-refractivity contribution in [3.05, 3.63) is 51.7 Å². The van der Waals surface area contributed by atoms with Crippen molar-refractivity contribution in [3.8, 4) is 0 Å². The fourth-order valence-electron chi connectivity index (χ4n) is 4.71. The second kappa shape index (κ2) is 14.9. The van der Waals surface area contributed by atoms with Crippen LogP contribution >= 0.6 is 22.9 Å². The Balaban J connectivity index is 1.30. The average molecular weight is 642 g/mol. The fraction of sp³-hybridized carbons (Fsp3) is 0.467. The van der Waals surface area contributed by atoms with E-state index in [1.807, 2.05) is 26.0 Å². The zero-order chi connectivity index (χ0) is 31.9. The molecule has 3 aromatic rings. The number of anilines is 4. The first-order valence-electron chi connectivity index (χ1n) is 14.6. The molecule has 0 saturated carbocycles. The molecule has 0 unspecified atom stereocenters. The number of nitrogens with zero attached hydrogens (tertiary/aromatic N) is 5. The lowest BCUT2D eigenvalue weighted by molar-refractivity contribution is -0.150. The van der Waals surface area contributed by atoms with Crippen LogP contribution in [0.1, 0.15) is 54.7 Å². The molecule has 4 rings (SSSR count). The molecule has 0 radical (unpaired) electrons. The first kappa shape index (κ1) is 33.2. The number of hydrogen-bond donors (Lipinski definition) is 4. The molecule has 12 nitrogen and oxygen atoms in total.